The average molecular weight is 274 g/mol. The summed E-state index contributed by atoms with van der Waals surface area (Å²) in [5, 5.41) is 19.3. The molecule has 0 aromatic heterocycles. The van der Waals surface area contributed by atoms with Crippen LogP contribution in [0.4, 0.5) is 0 Å². The second kappa shape index (κ2) is 5.61. The highest BCUT2D eigenvalue weighted by atomic mass is 16.5. The van der Waals surface area contributed by atoms with E-state index in [4.69, 9.17) is 14.9 Å². The van der Waals surface area contributed by atoms with Gasteiger partial charge in [0.1, 0.15) is 5.75 Å². The van der Waals surface area contributed by atoms with Crippen molar-refractivity contribution in [1.82, 2.24) is 0 Å². The molecule has 0 aliphatic rings. The lowest BCUT2D eigenvalue weighted by Crippen LogP contribution is -2.09. The van der Waals surface area contributed by atoms with Crippen LogP contribution in [0.25, 0.3) is 10.8 Å². The monoisotopic (exact) mass is 274 g/mol. The number of aliphatic carboxylic acids is 2. The van der Waals surface area contributed by atoms with Gasteiger partial charge in [-0.3, -0.25) is 4.79 Å². The molecule has 0 saturated heterocycles. The van der Waals surface area contributed by atoms with Gasteiger partial charge in [-0.25, -0.2) is 4.79 Å². The third-order valence-electron chi connectivity index (χ3n) is 3.07. The quantitative estimate of drug-likeness (QED) is 0.875. The smallest absolute Gasteiger partial charge is 0.341 e. The van der Waals surface area contributed by atoms with Crippen LogP contribution in [0.1, 0.15) is 18.4 Å². The molecule has 0 aliphatic carbocycles. The van der Waals surface area contributed by atoms with Crippen molar-refractivity contribution < 1.29 is 24.5 Å². The van der Waals surface area contributed by atoms with E-state index in [0.29, 0.717) is 5.75 Å². The molecular weight excluding hydrogens is 260 g/mol. The number of hydrogen-bond acceptors (Lipinski definition) is 3. The molecule has 5 nitrogen and oxygen atoms in total. The van der Waals surface area contributed by atoms with E-state index in [-0.39, 0.29) is 6.61 Å². The molecule has 2 aromatic rings. The van der Waals surface area contributed by atoms with Gasteiger partial charge in [-0.05, 0) is 35.4 Å². The Morgan fingerprint density at radius 3 is 2.40 bits per heavy atom. The van der Waals surface area contributed by atoms with Gasteiger partial charge in [0.25, 0.3) is 0 Å². The van der Waals surface area contributed by atoms with E-state index in [1.807, 2.05) is 6.07 Å². The molecule has 2 N–H and O–H groups in total. The van der Waals surface area contributed by atoms with Crippen molar-refractivity contribution in [3.63, 3.8) is 0 Å². The van der Waals surface area contributed by atoms with Crippen molar-refractivity contribution in [3.8, 4) is 5.75 Å². The first-order valence-corrected chi connectivity index (χ1v) is 6.08. The topological polar surface area (TPSA) is 83.8 Å². The summed E-state index contributed by atoms with van der Waals surface area (Å²) < 4.78 is 5.10. The molecule has 0 spiro atoms. The Morgan fingerprint density at radius 1 is 1.10 bits per heavy atom. The third kappa shape index (κ3) is 3.06. The van der Waals surface area contributed by atoms with Crippen molar-refractivity contribution in [2.24, 2.45) is 0 Å². The minimum absolute atomic E-state index is 0.389. The van der Waals surface area contributed by atoms with Gasteiger partial charge in [0.2, 0.25) is 0 Å². The van der Waals surface area contributed by atoms with Crippen LogP contribution in [0.2, 0.25) is 0 Å². The van der Waals surface area contributed by atoms with E-state index < -0.39 is 17.9 Å². The fourth-order valence-electron chi connectivity index (χ4n) is 1.89. The summed E-state index contributed by atoms with van der Waals surface area (Å²) in [5.41, 5.74) is 0.726. The molecular formula is C15H14O5. The molecule has 0 fully saturated rings. The number of fused-ring (bicyclic) bond motifs is 1. The van der Waals surface area contributed by atoms with Crippen LogP contribution in [0.3, 0.4) is 0 Å². The van der Waals surface area contributed by atoms with E-state index in [1.54, 1.807) is 37.3 Å². The zero-order valence-corrected chi connectivity index (χ0v) is 10.9. The Labute approximate surface area is 115 Å². The molecule has 0 heterocycles. The fraction of sp³-hybridized carbons (Fsp3) is 0.200. The van der Waals surface area contributed by atoms with Gasteiger partial charge in [0, 0.05) is 0 Å². The Bertz CT molecular complexity index is 662. The van der Waals surface area contributed by atoms with Crippen LogP contribution in [0, 0.1) is 0 Å². The minimum Gasteiger partial charge on any atom is -0.482 e. The predicted octanol–water partition coefficient (Wildman–Crippen LogP) is 2.49. The largest absolute Gasteiger partial charge is 0.482 e. The molecule has 5 heteroatoms. The number of carbonyl (C=O) groups is 2. The van der Waals surface area contributed by atoms with Crippen molar-refractivity contribution in [2.75, 3.05) is 6.61 Å². The van der Waals surface area contributed by atoms with Crippen LogP contribution in [0.15, 0.2) is 36.4 Å². The fourth-order valence-corrected chi connectivity index (χ4v) is 1.89. The van der Waals surface area contributed by atoms with Crippen molar-refractivity contribution in [1.29, 1.82) is 0 Å². The van der Waals surface area contributed by atoms with Gasteiger partial charge in [-0.2, -0.15) is 0 Å². The maximum absolute atomic E-state index is 11.0. The lowest BCUT2D eigenvalue weighted by atomic mass is 9.98. The van der Waals surface area contributed by atoms with Gasteiger partial charge in [-0.15, -0.1) is 0 Å². The second-order valence-corrected chi connectivity index (χ2v) is 4.51. The second-order valence-electron chi connectivity index (χ2n) is 4.51. The van der Waals surface area contributed by atoms with Crippen LogP contribution in [-0.4, -0.2) is 28.8 Å². The first-order chi connectivity index (χ1) is 9.47. The Kier molecular flexibility index (Phi) is 3.89. The van der Waals surface area contributed by atoms with Crippen LogP contribution in [0.5, 0.6) is 5.75 Å². The van der Waals surface area contributed by atoms with Gasteiger partial charge in [-0.1, -0.05) is 24.3 Å². The predicted molar refractivity (Wildman–Crippen MR) is 73.1 cm³/mol. The summed E-state index contributed by atoms with van der Waals surface area (Å²) in [7, 11) is 0. The molecule has 0 bridgehead atoms. The van der Waals surface area contributed by atoms with Crippen LogP contribution >= 0.6 is 0 Å². The SMILES string of the molecule is CC(C(=O)O)c1ccc2cc(OCC(=O)O)ccc2c1. The summed E-state index contributed by atoms with van der Waals surface area (Å²) >= 11 is 0. The number of hydrogen-bond donors (Lipinski definition) is 2. The summed E-state index contributed by atoms with van der Waals surface area (Å²) in [6.45, 7) is 1.24. The standard InChI is InChI=1S/C15H14O5/c1-9(15(18)19)10-2-3-12-7-13(20-8-14(16)17)5-4-11(12)6-10/h2-7,9H,8H2,1H3,(H,16,17)(H,18,19). The first kappa shape index (κ1) is 13.9. The molecule has 1 atom stereocenters. The summed E-state index contributed by atoms with van der Waals surface area (Å²) in [6, 6.07) is 10.5. The van der Waals surface area contributed by atoms with Gasteiger partial charge < -0.3 is 14.9 Å². The molecule has 0 aliphatic heterocycles. The molecule has 0 radical (unpaired) electrons. The number of carboxylic acids is 2. The first-order valence-electron chi connectivity index (χ1n) is 6.08. The van der Waals surface area contributed by atoms with Crippen molar-refractivity contribution in [2.45, 2.75) is 12.8 Å². The van der Waals surface area contributed by atoms with Crippen molar-refractivity contribution in [3.05, 3.63) is 42.0 Å². The molecule has 0 amide bonds. The van der Waals surface area contributed by atoms with Crippen LogP contribution in [-0.2, 0) is 9.59 Å². The molecule has 2 aromatic carbocycles. The van der Waals surface area contributed by atoms with Crippen LogP contribution < -0.4 is 4.74 Å². The lowest BCUT2D eigenvalue weighted by molar-refractivity contribution is -0.139. The number of carboxylic acid groups (broad SMARTS) is 2. The Morgan fingerprint density at radius 2 is 1.75 bits per heavy atom. The van der Waals surface area contributed by atoms with E-state index in [1.165, 1.54) is 0 Å². The number of rotatable bonds is 5. The maximum atomic E-state index is 11.0. The van der Waals surface area contributed by atoms with E-state index in [9.17, 15) is 9.59 Å². The summed E-state index contributed by atoms with van der Waals surface area (Å²) in [6.07, 6.45) is 0. The lowest BCUT2D eigenvalue weighted by Gasteiger charge is -2.09. The molecule has 104 valence electrons. The van der Waals surface area contributed by atoms with E-state index >= 15 is 0 Å². The van der Waals surface area contributed by atoms with E-state index in [0.717, 1.165) is 16.3 Å². The summed E-state index contributed by atoms with van der Waals surface area (Å²) in [4.78, 5) is 21.4. The highest BCUT2D eigenvalue weighted by molar-refractivity contribution is 5.86. The zero-order valence-electron chi connectivity index (χ0n) is 10.9. The normalized spacial score (nSPS) is 12.1. The highest BCUT2D eigenvalue weighted by Gasteiger charge is 2.13. The van der Waals surface area contributed by atoms with Gasteiger partial charge in [0.05, 0.1) is 5.92 Å². The van der Waals surface area contributed by atoms with Gasteiger partial charge >= 0.3 is 11.9 Å². The number of ether oxygens (including phenoxy) is 1. The highest BCUT2D eigenvalue weighted by Crippen LogP contribution is 2.25. The summed E-state index contributed by atoms with van der Waals surface area (Å²) in [5.74, 6) is -2.00. The molecule has 0 saturated carbocycles. The Hall–Kier alpha value is -2.56. The van der Waals surface area contributed by atoms with Crippen molar-refractivity contribution >= 4 is 22.7 Å². The average Bonchev–Trinajstić information content (AvgIpc) is 2.43. The van der Waals surface area contributed by atoms with E-state index in [2.05, 4.69) is 0 Å². The maximum Gasteiger partial charge on any atom is 0.341 e. The third-order valence-corrected chi connectivity index (χ3v) is 3.07. The molecule has 20 heavy (non-hydrogen) atoms. The zero-order chi connectivity index (χ0) is 14.7. The Balaban J connectivity index is 2.29. The number of benzene rings is 2. The molecule has 2 rings (SSSR count). The van der Waals surface area contributed by atoms with Gasteiger partial charge in [0.15, 0.2) is 6.61 Å². The minimum atomic E-state index is -1.03. The molecule has 1 unspecified atom stereocenters.